The summed E-state index contributed by atoms with van der Waals surface area (Å²) in [7, 11) is 0. The second-order valence-corrected chi connectivity index (χ2v) is 7.94. The smallest absolute Gasteiger partial charge is 0.265 e. The number of allylic oxidation sites excluding steroid dienone is 4. The number of thiophene rings is 1. The number of hydrogen-bond donors (Lipinski definition) is 1. The predicted octanol–water partition coefficient (Wildman–Crippen LogP) is 5.82. The van der Waals surface area contributed by atoms with Gasteiger partial charge >= 0.3 is 0 Å². The predicted molar refractivity (Wildman–Crippen MR) is 116 cm³/mol. The molecule has 0 aliphatic carbocycles. The Labute approximate surface area is 172 Å². The number of carbonyl (C=O) groups excluding carboxylic acids is 1. The zero-order valence-electron chi connectivity index (χ0n) is 13.9. The maximum absolute atomic E-state index is 14.3. The molecule has 0 radical (unpaired) electrons. The number of nitrogens with zero attached hydrogens (tertiary/aromatic N) is 2. The molecular formula is C20H13FIN3OS. The largest absolute Gasteiger partial charge is 0.344 e. The lowest BCUT2D eigenvalue weighted by molar-refractivity contribution is 0.0872. The second-order valence-electron chi connectivity index (χ2n) is 5.69. The third-order valence-corrected chi connectivity index (χ3v) is 5.62. The second kappa shape index (κ2) is 7.61. The van der Waals surface area contributed by atoms with Crippen molar-refractivity contribution in [1.29, 1.82) is 0 Å². The van der Waals surface area contributed by atoms with Gasteiger partial charge in [-0.05, 0) is 65.1 Å². The number of benzene rings is 1. The van der Waals surface area contributed by atoms with Crippen LogP contribution in [0.4, 0.5) is 15.1 Å². The number of rotatable bonds is 3. The Balaban J connectivity index is 1.81. The van der Waals surface area contributed by atoms with E-state index in [4.69, 9.17) is 0 Å². The quantitative estimate of drug-likeness (QED) is 0.472. The Morgan fingerprint density at radius 1 is 1.15 bits per heavy atom. The number of nitrogens with one attached hydrogen (secondary N) is 1. The van der Waals surface area contributed by atoms with Gasteiger partial charge in [0.05, 0.1) is 11.3 Å². The Morgan fingerprint density at radius 3 is 2.67 bits per heavy atom. The third kappa shape index (κ3) is 3.65. The number of carbonyl (C=O) groups is 1. The van der Waals surface area contributed by atoms with Crippen LogP contribution in [0.15, 0.2) is 73.2 Å². The average molecular weight is 489 g/mol. The van der Waals surface area contributed by atoms with Crippen LogP contribution in [0, 0.1) is 9.39 Å². The van der Waals surface area contributed by atoms with Crippen LogP contribution in [0.1, 0.15) is 10.4 Å². The molecule has 0 spiro atoms. The zero-order valence-corrected chi connectivity index (χ0v) is 16.9. The van der Waals surface area contributed by atoms with Gasteiger partial charge in [-0.25, -0.2) is 9.37 Å². The summed E-state index contributed by atoms with van der Waals surface area (Å²) in [5, 5.41) is 4.38. The highest BCUT2D eigenvalue weighted by atomic mass is 127. The lowest BCUT2D eigenvalue weighted by Gasteiger charge is -2.14. The van der Waals surface area contributed by atoms with Gasteiger partial charge in [-0.2, -0.15) is 0 Å². The molecule has 2 aromatic heterocycles. The molecule has 4 rings (SSSR count). The Morgan fingerprint density at radius 2 is 1.93 bits per heavy atom. The summed E-state index contributed by atoms with van der Waals surface area (Å²) in [6.07, 6.45) is 12.3. The molecule has 1 aliphatic heterocycles. The van der Waals surface area contributed by atoms with Crippen molar-refractivity contribution >= 4 is 60.7 Å². The van der Waals surface area contributed by atoms with Crippen LogP contribution in [0.25, 0.3) is 10.2 Å². The monoisotopic (exact) mass is 489 g/mol. The van der Waals surface area contributed by atoms with E-state index in [1.165, 1.54) is 22.3 Å². The first-order valence-electron chi connectivity index (χ1n) is 8.07. The lowest BCUT2D eigenvalue weighted by Crippen LogP contribution is -2.20. The summed E-state index contributed by atoms with van der Waals surface area (Å²) in [5.41, 5.74) is 0.789. The van der Waals surface area contributed by atoms with Crippen molar-refractivity contribution < 1.29 is 9.18 Å². The number of amides is 1. The summed E-state index contributed by atoms with van der Waals surface area (Å²) >= 11 is 3.38. The molecular weight excluding hydrogens is 476 g/mol. The standard InChI is InChI=1S/C20H13FIN3OS/c21-15-12-13(22)7-8-16(15)24-19-17(14-6-5-9-23-18(14)27-19)20(26)25-10-3-1-2-4-11-25/h1-12,24H. The van der Waals surface area contributed by atoms with E-state index >= 15 is 0 Å². The molecule has 1 aromatic carbocycles. The van der Waals surface area contributed by atoms with Crippen LogP contribution >= 0.6 is 33.9 Å². The van der Waals surface area contributed by atoms with Gasteiger partial charge in [-0.15, -0.1) is 0 Å². The van der Waals surface area contributed by atoms with E-state index in [1.807, 2.05) is 24.3 Å². The number of halogens is 2. The highest BCUT2D eigenvalue weighted by molar-refractivity contribution is 14.1. The molecule has 27 heavy (non-hydrogen) atoms. The number of fused-ring (bicyclic) bond motifs is 1. The topological polar surface area (TPSA) is 45.2 Å². The summed E-state index contributed by atoms with van der Waals surface area (Å²) in [6, 6.07) is 8.56. The minimum absolute atomic E-state index is 0.209. The Hall–Kier alpha value is -2.52. The first-order valence-corrected chi connectivity index (χ1v) is 9.97. The normalized spacial score (nSPS) is 13.2. The van der Waals surface area contributed by atoms with Crippen molar-refractivity contribution in [2.24, 2.45) is 0 Å². The molecule has 0 bridgehead atoms. The van der Waals surface area contributed by atoms with Gasteiger partial charge < -0.3 is 5.32 Å². The fraction of sp³-hybridized carbons (Fsp3) is 0. The van der Waals surface area contributed by atoms with E-state index < -0.39 is 0 Å². The zero-order chi connectivity index (χ0) is 18.8. The van der Waals surface area contributed by atoms with Crippen molar-refractivity contribution in [3.63, 3.8) is 0 Å². The van der Waals surface area contributed by atoms with Gasteiger partial charge in [0.15, 0.2) is 0 Å². The van der Waals surface area contributed by atoms with Gasteiger partial charge in [0, 0.05) is 27.6 Å². The van der Waals surface area contributed by atoms with E-state index in [9.17, 15) is 9.18 Å². The van der Waals surface area contributed by atoms with E-state index in [2.05, 4.69) is 32.9 Å². The molecule has 7 heteroatoms. The summed E-state index contributed by atoms with van der Waals surface area (Å²) in [5.74, 6) is -0.580. The van der Waals surface area contributed by atoms with Gasteiger partial charge in [0.1, 0.15) is 15.6 Å². The van der Waals surface area contributed by atoms with Crippen LogP contribution in [0.5, 0.6) is 0 Å². The van der Waals surface area contributed by atoms with E-state index in [-0.39, 0.29) is 11.7 Å². The molecule has 134 valence electrons. The number of anilines is 2. The fourth-order valence-corrected chi connectivity index (χ4v) is 4.17. The minimum Gasteiger partial charge on any atom is -0.344 e. The first-order chi connectivity index (χ1) is 13.1. The average Bonchev–Trinajstić information content (AvgIpc) is 2.82. The van der Waals surface area contributed by atoms with E-state index in [0.717, 1.165) is 13.8 Å². The summed E-state index contributed by atoms with van der Waals surface area (Å²) in [6.45, 7) is 0. The molecule has 0 atom stereocenters. The van der Waals surface area contributed by atoms with Gasteiger partial charge in [-0.1, -0.05) is 23.5 Å². The highest BCUT2D eigenvalue weighted by Gasteiger charge is 2.23. The van der Waals surface area contributed by atoms with Crippen LogP contribution in [0.2, 0.25) is 0 Å². The Kier molecular flexibility index (Phi) is 5.04. The van der Waals surface area contributed by atoms with Crippen molar-refractivity contribution in [2.45, 2.75) is 0 Å². The number of pyridine rings is 1. The highest BCUT2D eigenvalue weighted by Crippen LogP contribution is 2.38. The third-order valence-electron chi connectivity index (χ3n) is 3.92. The van der Waals surface area contributed by atoms with E-state index in [0.29, 0.717) is 16.3 Å². The van der Waals surface area contributed by atoms with Crippen LogP contribution in [-0.2, 0) is 0 Å². The lowest BCUT2D eigenvalue weighted by atomic mass is 10.1. The minimum atomic E-state index is -0.371. The fourth-order valence-electron chi connectivity index (χ4n) is 2.67. The van der Waals surface area contributed by atoms with Crippen LogP contribution in [0.3, 0.4) is 0 Å². The molecule has 0 saturated carbocycles. The first kappa shape index (κ1) is 17.9. The molecule has 0 saturated heterocycles. The number of hydrogen-bond acceptors (Lipinski definition) is 4. The molecule has 4 nitrogen and oxygen atoms in total. The van der Waals surface area contributed by atoms with Crippen LogP contribution in [-0.4, -0.2) is 15.8 Å². The van der Waals surface area contributed by atoms with Crippen molar-refractivity contribution in [1.82, 2.24) is 9.88 Å². The van der Waals surface area contributed by atoms with E-state index in [1.54, 1.807) is 42.9 Å². The number of aromatic nitrogens is 1. The summed E-state index contributed by atoms with van der Waals surface area (Å²) < 4.78 is 15.1. The SMILES string of the molecule is O=C(c1c(Nc2ccc(I)cc2F)sc2ncccc12)N1C=CC=CC=C1. The van der Waals surface area contributed by atoms with Crippen molar-refractivity contribution in [2.75, 3.05) is 5.32 Å². The van der Waals surface area contributed by atoms with Gasteiger partial charge in [-0.3, -0.25) is 9.69 Å². The maximum atomic E-state index is 14.3. The van der Waals surface area contributed by atoms with Crippen molar-refractivity contribution in [3.8, 4) is 0 Å². The maximum Gasteiger partial charge on any atom is 0.265 e. The molecule has 3 aromatic rings. The summed E-state index contributed by atoms with van der Waals surface area (Å²) in [4.78, 5) is 19.8. The molecule has 0 fully saturated rings. The van der Waals surface area contributed by atoms with Gasteiger partial charge in [0.25, 0.3) is 5.91 Å². The van der Waals surface area contributed by atoms with Crippen LogP contribution < -0.4 is 5.32 Å². The van der Waals surface area contributed by atoms with Gasteiger partial charge in [0.2, 0.25) is 0 Å². The van der Waals surface area contributed by atoms with Crippen molar-refractivity contribution in [3.05, 3.63) is 88.2 Å². The molecule has 3 heterocycles. The Bertz CT molecular complexity index is 1100. The molecule has 1 amide bonds. The molecule has 0 unspecified atom stereocenters. The molecule has 1 aliphatic rings. The molecule has 1 N–H and O–H groups in total.